The summed E-state index contributed by atoms with van der Waals surface area (Å²) in [5, 5.41) is 0. The van der Waals surface area contributed by atoms with Crippen LogP contribution in [0.4, 0.5) is 0 Å². The molecule has 9 nitrogen and oxygen atoms in total. The Morgan fingerprint density at radius 2 is 1.33 bits per heavy atom. The SMILES string of the molecule is C=C(OC(C)=O)[C@@H]1OC[C@@H](OC(C)=O)[C@H](OC(C)=O)[C@H]1OC(C)=O. The van der Waals surface area contributed by atoms with Gasteiger partial charge in [-0.2, -0.15) is 0 Å². The summed E-state index contributed by atoms with van der Waals surface area (Å²) in [4.78, 5) is 45.1. The molecule has 1 fully saturated rings. The van der Waals surface area contributed by atoms with Gasteiger partial charge in [-0.15, -0.1) is 0 Å². The van der Waals surface area contributed by atoms with E-state index >= 15 is 0 Å². The van der Waals surface area contributed by atoms with Gasteiger partial charge in [0.2, 0.25) is 0 Å². The first-order valence-corrected chi connectivity index (χ1v) is 7.12. The third-order valence-corrected chi connectivity index (χ3v) is 2.94. The molecule has 0 spiro atoms. The van der Waals surface area contributed by atoms with Gasteiger partial charge in [-0.3, -0.25) is 19.2 Å². The van der Waals surface area contributed by atoms with Gasteiger partial charge in [-0.05, 0) is 0 Å². The summed E-state index contributed by atoms with van der Waals surface area (Å²) in [6.45, 7) is 8.04. The molecule has 0 amide bonds. The number of carbonyl (C=O) groups is 4. The van der Waals surface area contributed by atoms with Crippen molar-refractivity contribution >= 4 is 23.9 Å². The summed E-state index contributed by atoms with van der Waals surface area (Å²) in [6.07, 6.45) is -4.40. The molecule has 0 aromatic carbocycles. The minimum Gasteiger partial charge on any atom is -0.456 e. The maximum Gasteiger partial charge on any atom is 0.307 e. The molecule has 0 aliphatic carbocycles. The molecule has 0 radical (unpaired) electrons. The molecule has 0 N–H and O–H groups in total. The smallest absolute Gasteiger partial charge is 0.307 e. The maximum absolute atomic E-state index is 11.4. The van der Waals surface area contributed by atoms with E-state index in [9.17, 15) is 19.2 Å². The molecule has 24 heavy (non-hydrogen) atoms. The van der Waals surface area contributed by atoms with Gasteiger partial charge in [-0.1, -0.05) is 6.58 Å². The molecule has 0 saturated carbocycles. The minimum atomic E-state index is -1.20. The molecule has 0 unspecified atom stereocenters. The Morgan fingerprint density at radius 1 is 0.833 bits per heavy atom. The number of carbonyl (C=O) groups excluding carboxylic acids is 4. The standard InChI is InChI=1S/C15H20O9/c1-7(21-8(2)16)13-15(24-11(5)19)14(23-10(4)18)12(6-20-13)22-9(3)17/h12-15H,1,6H2,2-5H3/t12-,13+,14+,15+/m1/s1. The fourth-order valence-electron chi connectivity index (χ4n) is 2.26. The zero-order chi connectivity index (χ0) is 18.4. The van der Waals surface area contributed by atoms with E-state index in [4.69, 9.17) is 23.7 Å². The van der Waals surface area contributed by atoms with Crippen LogP contribution in [0.15, 0.2) is 12.3 Å². The lowest BCUT2D eigenvalue weighted by atomic mass is 9.98. The lowest BCUT2D eigenvalue weighted by Crippen LogP contribution is -2.58. The highest BCUT2D eigenvalue weighted by Crippen LogP contribution is 2.28. The van der Waals surface area contributed by atoms with Crippen molar-refractivity contribution in [1.82, 2.24) is 0 Å². The molecule has 0 aromatic heterocycles. The van der Waals surface area contributed by atoms with E-state index in [1.165, 1.54) is 13.8 Å². The highest BCUT2D eigenvalue weighted by Gasteiger charge is 2.48. The summed E-state index contributed by atoms with van der Waals surface area (Å²) in [6, 6.07) is 0. The van der Waals surface area contributed by atoms with Gasteiger partial charge >= 0.3 is 23.9 Å². The van der Waals surface area contributed by atoms with Crippen LogP contribution in [0.2, 0.25) is 0 Å². The predicted octanol–water partition coefficient (Wildman–Crippen LogP) is 0.257. The van der Waals surface area contributed by atoms with Crippen molar-refractivity contribution in [2.45, 2.75) is 52.1 Å². The van der Waals surface area contributed by atoms with Crippen LogP contribution in [0.25, 0.3) is 0 Å². The van der Waals surface area contributed by atoms with E-state index in [2.05, 4.69) is 6.58 Å². The largest absolute Gasteiger partial charge is 0.456 e. The second kappa shape index (κ2) is 8.44. The lowest BCUT2D eigenvalue weighted by Gasteiger charge is -2.40. The molecular weight excluding hydrogens is 324 g/mol. The van der Waals surface area contributed by atoms with Gasteiger partial charge in [0.1, 0.15) is 5.76 Å². The van der Waals surface area contributed by atoms with Crippen LogP contribution in [-0.2, 0) is 42.9 Å². The van der Waals surface area contributed by atoms with Crippen LogP contribution < -0.4 is 0 Å². The van der Waals surface area contributed by atoms with Gasteiger partial charge in [0, 0.05) is 27.7 Å². The van der Waals surface area contributed by atoms with Gasteiger partial charge in [0.15, 0.2) is 24.4 Å². The maximum atomic E-state index is 11.4. The van der Waals surface area contributed by atoms with Crippen LogP contribution >= 0.6 is 0 Å². The molecule has 134 valence electrons. The number of hydrogen-bond acceptors (Lipinski definition) is 9. The monoisotopic (exact) mass is 344 g/mol. The molecule has 0 aromatic rings. The van der Waals surface area contributed by atoms with Gasteiger partial charge in [-0.25, -0.2) is 0 Å². The average Bonchev–Trinajstić information content (AvgIpc) is 2.39. The fraction of sp³-hybridized carbons (Fsp3) is 0.600. The first kappa shape index (κ1) is 19.6. The van der Waals surface area contributed by atoms with E-state index < -0.39 is 48.3 Å². The van der Waals surface area contributed by atoms with Crippen molar-refractivity contribution in [3.8, 4) is 0 Å². The first-order chi connectivity index (χ1) is 11.1. The Hall–Kier alpha value is -2.42. The molecule has 9 heteroatoms. The van der Waals surface area contributed by atoms with Crippen molar-refractivity contribution in [2.24, 2.45) is 0 Å². The van der Waals surface area contributed by atoms with Crippen molar-refractivity contribution in [1.29, 1.82) is 0 Å². The number of hydrogen-bond donors (Lipinski definition) is 0. The Kier molecular flexibility index (Phi) is 6.90. The molecule has 1 aliphatic heterocycles. The van der Waals surface area contributed by atoms with Gasteiger partial charge < -0.3 is 23.7 Å². The second-order valence-corrected chi connectivity index (χ2v) is 5.11. The van der Waals surface area contributed by atoms with Crippen LogP contribution in [0.3, 0.4) is 0 Å². The molecule has 1 rings (SSSR count). The summed E-state index contributed by atoms with van der Waals surface area (Å²) in [7, 11) is 0. The van der Waals surface area contributed by atoms with Crippen molar-refractivity contribution in [3.05, 3.63) is 12.3 Å². The minimum absolute atomic E-state index is 0.118. The van der Waals surface area contributed by atoms with Gasteiger partial charge in [0.05, 0.1) is 6.61 Å². The van der Waals surface area contributed by atoms with E-state index in [1.807, 2.05) is 0 Å². The first-order valence-electron chi connectivity index (χ1n) is 7.12. The highest BCUT2D eigenvalue weighted by molar-refractivity contribution is 5.69. The molecule has 1 aliphatic rings. The van der Waals surface area contributed by atoms with Crippen LogP contribution in [0, 0.1) is 0 Å². The predicted molar refractivity (Wildman–Crippen MR) is 77.3 cm³/mol. The third-order valence-electron chi connectivity index (χ3n) is 2.94. The third kappa shape index (κ3) is 5.65. The summed E-state index contributed by atoms with van der Waals surface area (Å²) in [5.41, 5.74) is 0. The van der Waals surface area contributed by atoms with E-state index in [-0.39, 0.29) is 12.4 Å². The fourth-order valence-corrected chi connectivity index (χ4v) is 2.26. The molecule has 4 atom stereocenters. The Labute approximate surface area is 138 Å². The van der Waals surface area contributed by atoms with E-state index in [0.29, 0.717) is 0 Å². The van der Waals surface area contributed by atoms with E-state index in [1.54, 1.807) is 0 Å². The Morgan fingerprint density at radius 3 is 1.79 bits per heavy atom. The van der Waals surface area contributed by atoms with Gasteiger partial charge in [0.25, 0.3) is 0 Å². The molecule has 1 saturated heterocycles. The summed E-state index contributed by atoms with van der Waals surface area (Å²) < 4.78 is 25.7. The van der Waals surface area contributed by atoms with Crippen molar-refractivity contribution < 1.29 is 42.9 Å². The topological polar surface area (TPSA) is 114 Å². The van der Waals surface area contributed by atoms with Crippen LogP contribution in [0.5, 0.6) is 0 Å². The van der Waals surface area contributed by atoms with E-state index in [0.717, 1.165) is 13.8 Å². The van der Waals surface area contributed by atoms with Crippen LogP contribution in [0.1, 0.15) is 27.7 Å². The highest BCUT2D eigenvalue weighted by atomic mass is 16.7. The summed E-state index contributed by atoms with van der Waals surface area (Å²) in [5.74, 6) is -2.75. The van der Waals surface area contributed by atoms with Crippen molar-refractivity contribution in [2.75, 3.05) is 6.61 Å². The zero-order valence-electron chi connectivity index (χ0n) is 13.9. The zero-order valence-corrected chi connectivity index (χ0v) is 13.9. The number of ether oxygens (including phenoxy) is 5. The molecular formula is C15H20O9. The van der Waals surface area contributed by atoms with Crippen LogP contribution in [-0.4, -0.2) is 54.9 Å². The number of rotatable bonds is 5. The Balaban J connectivity index is 3.12. The Bertz CT molecular complexity index is 539. The number of esters is 4. The van der Waals surface area contributed by atoms with Crippen molar-refractivity contribution in [3.63, 3.8) is 0 Å². The lowest BCUT2D eigenvalue weighted by molar-refractivity contribution is -0.224. The average molecular weight is 344 g/mol. The molecule has 0 bridgehead atoms. The quantitative estimate of drug-likeness (QED) is 0.393. The summed E-state index contributed by atoms with van der Waals surface area (Å²) >= 11 is 0. The second-order valence-electron chi connectivity index (χ2n) is 5.11. The normalized spacial score (nSPS) is 26.0. The molecule has 1 heterocycles.